The number of piperazine rings is 1. The van der Waals surface area contributed by atoms with Gasteiger partial charge in [-0.3, -0.25) is 19.3 Å². The van der Waals surface area contributed by atoms with Crippen LogP contribution in [0.15, 0.2) is 23.6 Å². The number of anilines is 1. The third-order valence-corrected chi connectivity index (χ3v) is 7.46. The molecule has 2 atom stereocenters. The molecule has 1 unspecified atom stereocenters. The molecule has 3 heterocycles. The molecule has 0 spiro atoms. The number of imide groups is 1. The molecule has 4 amide bonds. The molecule has 0 radical (unpaired) electrons. The minimum absolute atomic E-state index is 0.0108. The SMILES string of the molecule is CCN1CCN(C(=O)NC(C(=O)C[C@H]2Cc3cccc(C)c3OB2O)c2csc(NCCN)n2)C(=O)C1=O. The number of ketones is 1. The van der Waals surface area contributed by atoms with Crippen LogP contribution in [-0.4, -0.2) is 83.3 Å². The van der Waals surface area contributed by atoms with Gasteiger partial charge in [0.15, 0.2) is 10.9 Å². The van der Waals surface area contributed by atoms with E-state index < -0.39 is 42.6 Å². The highest BCUT2D eigenvalue weighted by atomic mass is 32.1. The van der Waals surface area contributed by atoms with E-state index in [0.717, 1.165) is 16.0 Å². The molecule has 0 bridgehead atoms. The lowest BCUT2D eigenvalue weighted by molar-refractivity contribution is -0.153. The average molecular weight is 542 g/mol. The van der Waals surface area contributed by atoms with E-state index in [1.54, 1.807) is 12.3 Å². The molecule has 0 saturated carbocycles. The normalized spacial score (nSPS) is 18.1. The van der Waals surface area contributed by atoms with Crippen LogP contribution in [0.4, 0.5) is 9.93 Å². The van der Waals surface area contributed by atoms with Crippen molar-refractivity contribution in [2.75, 3.05) is 38.0 Å². The lowest BCUT2D eigenvalue weighted by Crippen LogP contribution is -2.58. The fraction of sp³-hybridized carbons (Fsp3) is 0.458. The van der Waals surface area contributed by atoms with Crippen molar-refractivity contribution >= 4 is 47.2 Å². The Labute approximate surface area is 224 Å². The molecular weight excluding hydrogens is 511 g/mol. The second-order valence-corrected chi connectivity index (χ2v) is 10.1. The van der Waals surface area contributed by atoms with Gasteiger partial charge in [-0.25, -0.2) is 9.78 Å². The number of aromatic nitrogens is 1. The van der Waals surface area contributed by atoms with Crippen molar-refractivity contribution in [1.29, 1.82) is 0 Å². The molecule has 1 saturated heterocycles. The number of thiazole rings is 1. The summed E-state index contributed by atoms with van der Waals surface area (Å²) in [5.74, 6) is -2.08. The fourth-order valence-electron chi connectivity index (χ4n) is 4.56. The molecule has 5 N–H and O–H groups in total. The summed E-state index contributed by atoms with van der Waals surface area (Å²) in [5.41, 5.74) is 7.59. The van der Waals surface area contributed by atoms with Crippen LogP contribution >= 0.6 is 11.3 Å². The van der Waals surface area contributed by atoms with Crippen LogP contribution in [0.2, 0.25) is 5.82 Å². The minimum atomic E-state index is -1.21. The molecule has 2 aliphatic rings. The minimum Gasteiger partial charge on any atom is -0.536 e. The van der Waals surface area contributed by atoms with Crippen LogP contribution in [0.5, 0.6) is 5.75 Å². The summed E-state index contributed by atoms with van der Waals surface area (Å²) in [6.45, 7) is 5.06. The molecule has 2 aliphatic heterocycles. The van der Waals surface area contributed by atoms with Gasteiger partial charge in [0.05, 0.1) is 5.69 Å². The number of nitrogens with one attached hydrogen (secondary N) is 2. The fourth-order valence-corrected chi connectivity index (χ4v) is 5.33. The smallest absolute Gasteiger partial charge is 0.526 e. The van der Waals surface area contributed by atoms with E-state index in [1.807, 2.05) is 25.1 Å². The van der Waals surface area contributed by atoms with E-state index in [9.17, 15) is 24.2 Å². The Hall–Kier alpha value is -3.49. The topological polar surface area (TPSA) is 167 Å². The number of Topliss-reactive ketones (excluding diaryl/α,β-unsaturated/α-hetero) is 1. The summed E-state index contributed by atoms with van der Waals surface area (Å²) in [5, 5.41) is 18.4. The lowest BCUT2D eigenvalue weighted by atomic mass is 9.64. The summed E-state index contributed by atoms with van der Waals surface area (Å²) >= 11 is 1.24. The quantitative estimate of drug-likeness (QED) is 0.264. The zero-order chi connectivity index (χ0) is 27.4. The number of rotatable bonds is 9. The number of para-hydroxylation sites is 1. The lowest BCUT2D eigenvalue weighted by Gasteiger charge is -2.33. The van der Waals surface area contributed by atoms with Gasteiger partial charge < -0.3 is 30.9 Å². The summed E-state index contributed by atoms with van der Waals surface area (Å²) < 4.78 is 5.72. The first-order valence-electron chi connectivity index (χ1n) is 12.5. The van der Waals surface area contributed by atoms with E-state index in [0.29, 0.717) is 36.9 Å². The summed E-state index contributed by atoms with van der Waals surface area (Å²) in [6, 6.07) is 3.60. The number of hydrogen-bond donors (Lipinski definition) is 4. The highest BCUT2D eigenvalue weighted by Crippen LogP contribution is 2.37. The maximum Gasteiger partial charge on any atom is 0.526 e. The number of nitrogens with two attached hydrogens (primary N) is 1. The number of carbonyl (C=O) groups excluding carboxylic acids is 4. The van der Waals surface area contributed by atoms with E-state index >= 15 is 0 Å². The number of benzene rings is 1. The number of hydrogen-bond acceptors (Lipinski definition) is 10. The maximum absolute atomic E-state index is 13.6. The van der Waals surface area contributed by atoms with Crippen molar-refractivity contribution in [2.45, 2.75) is 38.5 Å². The Morgan fingerprint density at radius 3 is 2.84 bits per heavy atom. The van der Waals surface area contributed by atoms with E-state index in [2.05, 4.69) is 15.6 Å². The zero-order valence-corrected chi connectivity index (χ0v) is 22.1. The van der Waals surface area contributed by atoms with Gasteiger partial charge in [-0.15, -0.1) is 11.3 Å². The largest absolute Gasteiger partial charge is 0.536 e. The molecule has 2 aromatic rings. The molecule has 1 aromatic carbocycles. The molecular formula is C24H31BN6O6S. The number of nitrogens with zero attached hydrogens (tertiary/aromatic N) is 3. The van der Waals surface area contributed by atoms with Gasteiger partial charge in [-0.1, -0.05) is 18.2 Å². The van der Waals surface area contributed by atoms with Crippen LogP contribution in [0.25, 0.3) is 0 Å². The van der Waals surface area contributed by atoms with Gasteiger partial charge in [0.2, 0.25) is 0 Å². The van der Waals surface area contributed by atoms with Gasteiger partial charge in [-0.2, -0.15) is 0 Å². The standard InChI is InChI=1S/C24H31BN6O6S/c1-3-30-9-10-31(22(34)21(30)33)24(35)29-19(17-13-38-23(28-17)27-8-7-26)18(32)12-16-11-15-6-4-5-14(2)20(15)37-25(16)36/h4-6,13,16,19,36H,3,7-12,26H2,1-2H3,(H,27,28)(H,29,35)/t16-,19?/m1/s1. The number of aryl methyl sites for hydroxylation is 1. The molecule has 1 fully saturated rings. The number of urea groups is 1. The average Bonchev–Trinajstić information content (AvgIpc) is 3.37. The highest BCUT2D eigenvalue weighted by Gasteiger charge is 2.41. The maximum atomic E-state index is 13.6. The van der Waals surface area contributed by atoms with E-state index in [-0.39, 0.29) is 25.2 Å². The molecule has 1 aromatic heterocycles. The van der Waals surface area contributed by atoms with Crippen LogP contribution < -0.4 is 21.0 Å². The van der Waals surface area contributed by atoms with Crippen LogP contribution in [0.1, 0.15) is 36.2 Å². The van der Waals surface area contributed by atoms with Crippen molar-refractivity contribution < 1.29 is 28.9 Å². The predicted octanol–water partition coefficient (Wildman–Crippen LogP) is 0.709. The Balaban J connectivity index is 1.54. The van der Waals surface area contributed by atoms with Crippen LogP contribution in [-0.2, 0) is 20.8 Å². The summed E-state index contributed by atoms with van der Waals surface area (Å²) in [7, 11) is -1.21. The third kappa shape index (κ3) is 5.82. The van der Waals surface area contributed by atoms with Crippen molar-refractivity contribution in [1.82, 2.24) is 20.1 Å². The van der Waals surface area contributed by atoms with Crippen molar-refractivity contribution in [2.24, 2.45) is 5.73 Å². The zero-order valence-electron chi connectivity index (χ0n) is 21.3. The second kappa shape index (κ2) is 11.9. The van der Waals surface area contributed by atoms with Gasteiger partial charge in [-0.05, 0) is 31.4 Å². The van der Waals surface area contributed by atoms with Crippen molar-refractivity contribution in [3.63, 3.8) is 0 Å². The van der Waals surface area contributed by atoms with Gasteiger partial charge in [0.1, 0.15) is 11.8 Å². The molecule has 202 valence electrons. The second-order valence-electron chi connectivity index (χ2n) is 9.22. The van der Waals surface area contributed by atoms with Crippen LogP contribution in [0.3, 0.4) is 0 Å². The number of carbonyl (C=O) groups is 4. The van der Waals surface area contributed by atoms with Crippen molar-refractivity contribution in [3.8, 4) is 5.75 Å². The molecule has 4 rings (SSSR count). The summed E-state index contributed by atoms with van der Waals surface area (Å²) in [4.78, 5) is 58.2. The Morgan fingerprint density at radius 1 is 1.32 bits per heavy atom. The Kier molecular flexibility index (Phi) is 8.64. The predicted molar refractivity (Wildman–Crippen MR) is 142 cm³/mol. The Bertz CT molecular complexity index is 1220. The molecule has 0 aliphatic carbocycles. The Morgan fingerprint density at radius 2 is 2.11 bits per heavy atom. The van der Waals surface area contributed by atoms with Crippen molar-refractivity contribution in [3.05, 3.63) is 40.4 Å². The van der Waals surface area contributed by atoms with Gasteiger partial charge in [0.25, 0.3) is 0 Å². The molecule has 38 heavy (non-hydrogen) atoms. The van der Waals surface area contributed by atoms with E-state index in [1.165, 1.54) is 16.2 Å². The highest BCUT2D eigenvalue weighted by molar-refractivity contribution is 7.13. The first kappa shape index (κ1) is 27.5. The monoisotopic (exact) mass is 542 g/mol. The number of fused-ring (bicyclic) bond motifs is 1. The van der Waals surface area contributed by atoms with Gasteiger partial charge >= 0.3 is 25.0 Å². The first-order valence-corrected chi connectivity index (χ1v) is 13.4. The van der Waals surface area contributed by atoms with E-state index in [4.69, 9.17) is 10.4 Å². The molecule has 12 nitrogen and oxygen atoms in total. The first-order chi connectivity index (χ1) is 18.2. The summed E-state index contributed by atoms with van der Waals surface area (Å²) in [6.07, 6.45) is 0.302. The number of likely N-dealkylation sites (N-methyl/N-ethyl adjacent to an activating group) is 1. The van der Waals surface area contributed by atoms with Crippen LogP contribution in [0, 0.1) is 6.92 Å². The third-order valence-electron chi connectivity index (χ3n) is 6.64. The number of amides is 4. The molecule has 14 heteroatoms. The van der Waals surface area contributed by atoms with Gasteiger partial charge in [0, 0.05) is 50.3 Å².